The number of esters is 1. The normalized spacial score (nSPS) is 28.2. The van der Waals surface area contributed by atoms with Crippen LogP contribution in [0.5, 0.6) is 11.5 Å². The minimum atomic E-state index is -0.593. The first-order chi connectivity index (χ1) is 15.7. The zero-order chi connectivity index (χ0) is 23.2. The average molecular weight is 446 g/mol. The number of carbonyl (C=O) groups is 1. The Kier molecular flexibility index (Phi) is 4.08. The van der Waals surface area contributed by atoms with Gasteiger partial charge >= 0.3 is 11.6 Å². The van der Waals surface area contributed by atoms with Gasteiger partial charge in [-0.3, -0.25) is 4.79 Å². The van der Waals surface area contributed by atoms with Gasteiger partial charge in [-0.15, -0.1) is 0 Å². The van der Waals surface area contributed by atoms with E-state index in [1.54, 1.807) is 0 Å². The Hall–Kier alpha value is -3.28. The van der Waals surface area contributed by atoms with E-state index in [1.807, 2.05) is 44.2 Å². The van der Waals surface area contributed by atoms with Crippen molar-refractivity contribution < 1.29 is 23.4 Å². The molecular weight excluding hydrogens is 420 g/mol. The largest absolute Gasteiger partial charge is 0.489 e. The summed E-state index contributed by atoms with van der Waals surface area (Å²) in [5.41, 5.74) is 3.14. The smallest absolute Gasteiger partial charge is 0.336 e. The summed E-state index contributed by atoms with van der Waals surface area (Å²) in [5, 5.41) is 0.736. The molecule has 1 saturated carbocycles. The molecule has 3 aromatic rings. The molecule has 0 saturated heterocycles. The van der Waals surface area contributed by atoms with E-state index in [4.69, 9.17) is 18.6 Å². The molecule has 0 N–H and O–H groups in total. The van der Waals surface area contributed by atoms with Gasteiger partial charge in [0.25, 0.3) is 0 Å². The number of ether oxygens (including phenoxy) is 3. The topological polar surface area (TPSA) is 75.0 Å². The van der Waals surface area contributed by atoms with Crippen molar-refractivity contribution in [3.05, 3.63) is 57.9 Å². The Labute approximate surface area is 191 Å². The van der Waals surface area contributed by atoms with Crippen LogP contribution >= 0.6 is 0 Å². The second kappa shape index (κ2) is 6.62. The van der Waals surface area contributed by atoms with Gasteiger partial charge in [-0.05, 0) is 12.5 Å². The second-order valence-electron chi connectivity index (χ2n) is 10.1. The highest BCUT2D eigenvalue weighted by atomic mass is 16.6. The minimum absolute atomic E-state index is 0.0242. The molecule has 0 bridgehead atoms. The van der Waals surface area contributed by atoms with Gasteiger partial charge in [-0.25, -0.2) is 4.79 Å². The SMILES string of the molecule is CC(=O)O[C@@H]1c2c(c3c(c4c(-c5ccccc5)cc(=O)oc24)O[C@@H]2[C@H]3C2(C)C)O[C@H](C)[C@@H]1C. The molecule has 1 aliphatic carbocycles. The molecule has 1 fully saturated rings. The number of carbonyl (C=O) groups excluding carboxylic acids is 1. The fourth-order valence-electron chi connectivity index (χ4n) is 5.64. The molecule has 3 aliphatic rings. The number of benzene rings is 2. The molecular formula is C27H26O6. The van der Waals surface area contributed by atoms with Crippen LogP contribution in [0, 0.1) is 11.3 Å². The number of hydrogen-bond acceptors (Lipinski definition) is 6. The Balaban J connectivity index is 1.76. The fraction of sp³-hybridized carbons (Fsp3) is 0.407. The second-order valence-corrected chi connectivity index (χ2v) is 10.1. The molecule has 170 valence electrons. The average Bonchev–Trinajstić information content (AvgIpc) is 3.09. The highest BCUT2D eigenvalue weighted by Gasteiger charge is 2.67. The molecule has 3 heterocycles. The molecule has 0 amide bonds. The van der Waals surface area contributed by atoms with Crippen molar-refractivity contribution >= 4 is 16.9 Å². The summed E-state index contributed by atoms with van der Waals surface area (Å²) in [6.07, 6.45) is -0.749. The fourth-order valence-corrected chi connectivity index (χ4v) is 5.64. The molecule has 6 nitrogen and oxygen atoms in total. The molecule has 2 aliphatic heterocycles. The van der Waals surface area contributed by atoms with E-state index in [-0.39, 0.29) is 35.4 Å². The number of hydrogen-bond donors (Lipinski definition) is 0. The van der Waals surface area contributed by atoms with E-state index in [2.05, 4.69) is 13.8 Å². The first-order valence-electron chi connectivity index (χ1n) is 11.4. The van der Waals surface area contributed by atoms with Crippen LogP contribution in [0.2, 0.25) is 0 Å². The van der Waals surface area contributed by atoms with E-state index >= 15 is 0 Å². The lowest BCUT2D eigenvalue weighted by molar-refractivity contribution is -0.152. The van der Waals surface area contributed by atoms with Gasteiger partial charge in [-0.1, -0.05) is 51.1 Å². The van der Waals surface area contributed by atoms with E-state index in [9.17, 15) is 9.59 Å². The molecule has 6 rings (SSSR count). The predicted octanol–water partition coefficient (Wildman–Crippen LogP) is 5.37. The van der Waals surface area contributed by atoms with Crippen molar-refractivity contribution in [3.63, 3.8) is 0 Å². The Morgan fingerprint density at radius 3 is 2.45 bits per heavy atom. The molecule has 33 heavy (non-hydrogen) atoms. The van der Waals surface area contributed by atoms with Gasteiger partial charge in [0.15, 0.2) is 5.58 Å². The quantitative estimate of drug-likeness (QED) is 0.389. The number of fused-ring (bicyclic) bond motifs is 8. The van der Waals surface area contributed by atoms with E-state index < -0.39 is 11.7 Å². The monoisotopic (exact) mass is 446 g/mol. The van der Waals surface area contributed by atoms with E-state index in [0.717, 1.165) is 22.1 Å². The summed E-state index contributed by atoms with van der Waals surface area (Å²) in [5.74, 6) is 1.01. The zero-order valence-corrected chi connectivity index (χ0v) is 19.3. The predicted molar refractivity (Wildman–Crippen MR) is 123 cm³/mol. The summed E-state index contributed by atoms with van der Waals surface area (Å²) in [4.78, 5) is 24.9. The van der Waals surface area contributed by atoms with Crippen molar-refractivity contribution in [2.24, 2.45) is 11.3 Å². The lowest BCUT2D eigenvalue weighted by atomic mass is 9.84. The van der Waals surface area contributed by atoms with Gasteiger partial charge in [0.05, 0.1) is 10.9 Å². The third-order valence-corrected chi connectivity index (χ3v) is 7.64. The van der Waals surface area contributed by atoms with Crippen molar-refractivity contribution in [2.75, 3.05) is 0 Å². The van der Waals surface area contributed by atoms with Crippen LogP contribution < -0.4 is 15.1 Å². The maximum Gasteiger partial charge on any atom is 0.336 e. The molecule has 0 radical (unpaired) electrons. The molecule has 5 atom stereocenters. The summed E-state index contributed by atoms with van der Waals surface area (Å²) in [7, 11) is 0. The molecule has 1 aromatic heterocycles. The van der Waals surface area contributed by atoms with Crippen LogP contribution in [0.4, 0.5) is 0 Å². The first kappa shape index (κ1) is 20.3. The van der Waals surface area contributed by atoms with Crippen molar-refractivity contribution in [1.82, 2.24) is 0 Å². The van der Waals surface area contributed by atoms with Crippen LogP contribution in [0.15, 0.2) is 45.6 Å². The van der Waals surface area contributed by atoms with E-state index in [1.165, 1.54) is 13.0 Å². The Bertz CT molecular complexity index is 1370. The van der Waals surface area contributed by atoms with Gasteiger partial charge in [0.2, 0.25) is 0 Å². The van der Waals surface area contributed by atoms with Crippen LogP contribution in [0.3, 0.4) is 0 Å². The van der Waals surface area contributed by atoms with Gasteiger partial charge in [-0.2, -0.15) is 0 Å². The first-order valence-corrected chi connectivity index (χ1v) is 11.4. The zero-order valence-electron chi connectivity index (χ0n) is 19.3. The Morgan fingerprint density at radius 2 is 1.76 bits per heavy atom. The van der Waals surface area contributed by atoms with Crippen LogP contribution in [-0.2, 0) is 9.53 Å². The maximum absolute atomic E-state index is 12.8. The minimum Gasteiger partial charge on any atom is -0.489 e. The third kappa shape index (κ3) is 2.73. The van der Waals surface area contributed by atoms with E-state index in [0.29, 0.717) is 22.6 Å². The van der Waals surface area contributed by atoms with Crippen molar-refractivity contribution in [3.8, 4) is 22.6 Å². The molecule has 2 aromatic carbocycles. The van der Waals surface area contributed by atoms with Crippen molar-refractivity contribution in [1.29, 1.82) is 0 Å². The summed E-state index contributed by atoms with van der Waals surface area (Å²) >= 11 is 0. The van der Waals surface area contributed by atoms with Gasteiger partial charge in [0.1, 0.15) is 29.8 Å². The van der Waals surface area contributed by atoms with Crippen molar-refractivity contribution in [2.45, 2.75) is 58.8 Å². The standard InChI is InChI=1S/C27H26O6/c1-12-13(2)30-25-19-21-26(27(21,4)5)33-23(19)18-16(15-9-7-6-8-10-15)11-17(29)32-24(18)20(25)22(12)31-14(3)28/h6-13,21-22,26H,1-5H3/t12-,13+,21-,22-,26+/m0/s1. The lowest BCUT2D eigenvalue weighted by Gasteiger charge is -2.37. The molecule has 6 heteroatoms. The lowest BCUT2D eigenvalue weighted by Crippen LogP contribution is -2.35. The highest BCUT2D eigenvalue weighted by molar-refractivity contribution is 6.03. The number of rotatable bonds is 2. The summed E-state index contributed by atoms with van der Waals surface area (Å²) < 4.78 is 24.6. The van der Waals surface area contributed by atoms with Gasteiger partial charge in [0, 0.05) is 41.4 Å². The molecule has 0 spiro atoms. The van der Waals surface area contributed by atoms with Crippen LogP contribution in [0.25, 0.3) is 22.1 Å². The van der Waals surface area contributed by atoms with Gasteiger partial charge < -0.3 is 18.6 Å². The third-order valence-electron chi connectivity index (χ3n) is 7.64. The maximum atomic E-state index is 12.8. The van der Waals surface area contributed by atoms with Crippen LogP contribution in [-0.4, -0.2) is 18.2 Å². The summed E-state index contributed by atoms with van der Waals surface area (Å²) in [6, 6.07) is 11.2. The molecule has 0 unspecified atom stereocenters. The van der Waals surface area contributed by atoms with Crippen LogP contribution in [0.1, 0.15) is 57.8 Å². The highest BCUT2D eigenvalue weighted by Crippen LogP contribution is 2.71. The Morgan fingerprint density at radius 1 is 1.03 bits per heavy atom. The summed E-state index contributed by atoms with van der Waals surface area (Å²) in [6.45, 7) is 9.73.